The molecule has 0 unspecified atom stereocenters. The van der Waals surface area contributed by atoms with Crippen molar-refractivity contribution in [2.24, 2.45) is 5.92 Å². The maximum absolute atomic E-state index is 6.93. The standard InChI is InChI=1S/C47H36N3O.C18H24GeN.Ir/c1-28(2)31-19-13-20-32(29(3)4)44(31)50-45-33-15-6-5-14-30(33)24-26-38(45)48-47(50)37-25-27-41(43-36-18-9-12-23-42(36)51-46(37)43)49-39-21-10-7-16-34(39)35-17-8-11-22-40(35)49;1-14(2)11-16-12-18(15-9-7-6-8-10-15)20-13-17(16)19(3,4)5;/h5-24,26-29H,1-4H3;6-9,12-14H,11H2,1-5H3;/q2*-1;. The molecular formula is C65H60GeIrN4O-2. The van der Waals surface area contributed by atoms with E-state index in [4.69, 9.17) is 14.4 Å². The Kier molecular flexibility index (Phi) is 13.5. The first kappa shape index (κ1) is 49.0. The molecule has 0 atom stereocenters. The molecule has 4 heterocycles. The SMILES string of the molecule is CC(C)Cc1cc(-c2[c-]cccc2)nc[c]1[Ge]([CH3])([CH3])[CH3].CC(C)c1cccc(C(C)C)c1-n1c(-c2[c-]cc(-n3c4ccccc4c4ccccc43)c3c2oc2ccccc23)nc2ccc3ccccc3c21.[Ir]. The van der Waals surface area contributed by atoms with Crippen molar-refractivity contribution in [2.75, 3.05) is 0 Å². The van der Waals surface area contributed by atoms with Crippen LogP contribution in [0.15, 0.2) is 174 Å². The maximum atomic E-state index is 6.93. The summed E-state index contributed by atoms with van der Waals surface area (Å²) in [5.41, 5.74) is 15.3. The number of para-hydroxylation sites is 4. The van der Waals surface area contributed by atoms with Crippen molar-refractivity contribution in [3.8, 4) is 34.0 Å². The molecule has 0 aliphatic heterocycles. The molecule has 8 aromatic carbocycles. The predicted octanol–water partition coefficient (Wildman–Crippen LogP) is 17.2. The number of imidazole rings is 1. The second-order valence-electron chi connectivity index (χ2n) is 21.1. The second kappa shape index (κ2) is 19.8. The maximum Gasteiger partial charge on any atom is 0.121 e. The minimum atomic E-state index is -1.86. The van der Waals surface area contributed by atoms with Crippen LogP contribution in [-0.2, 0) is 26.5 Å². The van der Waals surface area contributed by atoms with Crippen LogP contribution in [0.3, 0.4) is 0 Å². The van der Waals surface area contributed by atoms with Gasteiger partial charge in [0.05, 0.1) is 22.4 Å². The average Bonchev–Trinajstić information content (AvgIpc) is 4.06. The van der Waals surface area contributed by atoms with Crippen molar-refractivity contribution in [1.82, 2.24) is 19.1 Å². The summed E-state index contributed by atoms with van der Waals surface area (Å²) in [5, 5.41) is 6.92. The molecule has 0 saturated heterocycles. The van der Waals surface area contributed by atoms with Crippen LogP contribution in [0.1, 0.15) is 70.1 Å². The van der Waals surface area contributed by atoms with Crippen molar-refractivity contribution in [3.63, 3.8) is 0 Å². The van der Waals surface area contributed by atoms with Gasteiger partial charge in [-0.2, -0.15) is 0 Å². The van der Waals surface area contributed by atoms with Gasteiger partial charge in [0.1, 0.15) is 5.58 Å². The van der Waals surface area contributed by atoms with Crippen molar-refractivity contribution in [1.29, 1.82) is 0 Å². The van der Waals surface area contributed by atoms with Crippen LogP contribution < -0.4 is 4.40 Å². The first-order valence-electron chi connectivity index (χ1n) is 25.2. The van der Waals surface area contributed by atoms with Crippen LogP contribution in [0.25, 0.3) is 99.6 Å². The predicted molar refractivity (Wildman–Crippen MR) is 303 cm³/mol. The van der Waals surface area contributed by atoms with Crippen molar-refractivity contribution < 1.29 is 24.5 Å². The number of hydrogen-bond donors (Lipinski definition) is 0. The number of aromatic nitrogens is 4. The van der Waals surface area contributed by atoms with Crippen molar-refractivity contribution >= 4 is 83.2 Å². The van der Waals surface area contributed by atoms with Crippen LogP contribution in [0.4, 0.5) is 0 Å². The van der Waals surface area contributed by atoms with Crippen LogP contribution in [-0.4, -0.2) is 32.4 Å². The summed E-state index contributed by atoms with van der Waals surface area (Å²) in [4.78, 5) is 10.2. The van der Waals surface area contributed by atoms with Gasteiger partial charge >= 0.3 is 126 Å². The molecule has 0 spiro atoms. The van der Waals surface area contributed by atoms with Gasteiger partial charge in [0.2, 0.25) is 0 Å². The molecule has 0 saturated carbocycles. The molecule has 0 amide bonds. The number of benzene rings is 8. The molecule has 0 aliphatic rings. The molecule has 7 heteroatoms. The van der Waals surface area contributed by atoms with Gasteiger partial charge in [-0.3, -0.25) is 4.98 Å². The average molecular weight is 1180 g/mol. The van der Waals surface area contributed by atoms with E-state index in [9.17, 15) is 0 Å². The van der Waals surface area contributed by atoms with Gasteiger partial charge in [-0.15, -0.1) is 12.1 Å². The fourth-order valence-corrected chi connectivity index (χ4v) is 14.1. The zero-order chi connectivity index (χ0) is 49.1. The third-order valence-electron chi connectivity index (χ3n) is 14.0. The summed E-state index contributed by atoms with van der Waals surface area (Å²) in [5.74, 6) is 9.42. The van der Waals surface area contributed by atoms with Gasteiger partial charge in [0, 0.05) is 58.4 Å². The van der Waals surface area contributed by atoms with E-state index in [2.05, 4.69) is 226 Å². The number of rotatable bonds is 9. The molecule has 4 aromatic heterocycles. The molecule has 1 radical (unpaired) electrons. The monoisotopic (exact) mass is 1180 g/mol. The zero-order valence-electron chi connectivity index (χ0n) is 42.6. The Labute approximate surface area is 439 Å². The van der Waals surface area contributed by atoms with E-state index >= 15 is 0 Å². The second-order valence-corrected chi connectivity index (χ2v) is 31.7. The summed E-state index contributed by atoms with van der Waals surface area (Å²) < 4.78 is 13.3. The van der Waals surface area contributed by atoms with Crippen LogP contribution >= 0.6 is 0 Å². The molecule has 72 heavy (non-hydrogen) atoms. The number of hydrogen-bond acceptors (Lipinski definition) is 3. The molecule has 12 aromatic rings. The third-order valence-corrected chi connectivity index (χ3v) is 18.3. The molecule has 361 valence electrons. The van der Waals surface area contributed by atoms with E-state index in [0.717, 1.165) is 78.8 Å². The molecule has 0 bridgehead atoms. The topological polar surface area (TPSA) is 48.8 Å². The molecule has 5 nitrogen and oxygen atoms in total. The summed E-state index contributed by atoms with van der Waals surface area (Å²) in [6.07, 6.45) is 3.27. The van der Waals surface area contributed by atoms with E-state index in [1.54, 1.807) is 4.40 Å². The van der Waals surface area contributed by atoms with Gasteiger partial charge in [-0.1, -0.05) is 136 Å². The Morgan fingerprint density at radius 3 is 1.89 bits per heavy atom. The smallest absolute Gasteiger partial charge is 0.121 e. The number of furan rings is 1. The molecule has 12 rings (SSSR count). The van der Waals surface area contributed by atoms with Crippen LogP contribution in [0.5, 0.6) is 0 Å². The number of pyridine rings is 1. The molecule has 0 N–H and O–H groups in total. The molecule has 0 fully saturated rings. The Morgan fingerprint density at radius 2 is 1.25 bits per heavy atom. The summed E-state index contributed by atoms with van der Waals surface area (Å²) in [6.45, 7) is 13.7. The molecule has 0 aliphatic carbocycles. The van der Waals surface area contributed by atoms with Crippen molar-refractivity contribution in [3.05, 3.63) is 199 Å². The van der Waals surface area contributed by atoms with E-state index in [-0.39, 0.29) is 20.1 Å². The number of fused-ring (bicyclic) bond motifs is 9. The van der Waals surface area contributed by atoms with Gasteiger partial charge in [0.25, 0.3) is 0 Å². The Balaban J connectivity index is 0.000000240. The quantitative estimate of drug-likeness (QED) is 0.107. The number of nitrogens with zero attached hydrogens (tertiary/aromatic N) is 4. The van der Waals surface area contributed by atoms with Gasteiger partial charge in [-0.25, -0.2) is 0 Å². The Bertz CT molecular complexity index is 3870. The van der Waals surface area contributed by atoms with Gasteiger partial charge in [0.15, 0.2) is 0 Å². The fraction of sp³-hybridized carbons (Fsp3) is 0.200. The Hall–Kier alpha value is -6.57. The van der Waals surface area contributed by atoms with E-state index in [0.29, 0.717) is 17.8 Å². The normalized spacial score (nSPS) is 12.0. The zero-order valence-corrected chi connectivity index (χ0v) is 47.1. The Morgan fingerprint density at radius 1 is 0.625 bits per heavy atom. The largest absolute Gasteiger partial charge is 0.500 e. The van der Waals surface area contributed by atoms with Gasteiger partial charge in [-0.05, 0) is 63.7 Å². The van der Waals surface area contributed by atoms with Crippen LogP contribution in [0.2, 0.25) is 17.3 Å². The van der Waals surface area contributed by atoms with Crippen molar-refractivity contribution in [2.45, 2.75) is 77.1 Å². The summed E-state index contributed by atoms with van der Waals surface area (Å²) in [6, 6.07) is 65.0. The van der Waals surface area contributed by atoms with E-state index in [1.807, 2.05) is 24.3 Å². The van der Waals surface area contributed by atoms with E-state index < -0.39 is 13.3 Å². The minimum absolute atomic E-state index is 0. The third kappa shape index (κ3) is 8.72. The summed E-state index contributed by atoms with van der Waals surface area (Å²) >= 11 is -1.86. The van der Waals surface area contributed by atoms with Crippen LogP contribution in [0, 0.1) is 18.1 Å². The first-order chi connectivity index (χ1) is 34.4. The van der Waals surface area contributed by atoms with E-state index in [1.165, 1.54) is 43.9 Å². The van der Waals surface area contributed by atoms with Gasteiger partial charge < -0.3 is 13.6 Å². The first-order valence-corrected chi connectivity index (χ1v) is 32.6. The summed E-state index contributed by atoms with van der Waals surface area (Å²) in [7, 11) is 0. The fourth-order valence-electron chi connectivity index (χ4n) is 10.8. The molecular weight excluding hydrogens is 1120 g/mol. The minimum Gasteiger partial charge on any atom is -0.500 e.